The van der Waals surface area contributed by atoms with Crippen molar-refractivity contribution >= 4 is 29.6 Å². The van der Waals surface area contributed by atoms with E-state index in [4.69, 9.17) is 21.7 Å². The molecular formula is C15H27N5O7. The molecule has 154 valence electrons. The molecule has 4 amide bonds. The van der Waals surface area contributed by atoms with Crippen LogP contribution in [-0.2, 0) is 24.0 Å². The number of amides is 4. The summed E-state index contributed by atoms with van der Waals surface area (Å²) < 4.78 is 0. The molecular weight excluding hydrogens is 362 g/mol. The van der Waals surface area contributed by atoms with E-state index in [0.29, 0.717) is 0 Å². The number of carboxylic acids is 1. The molecule has 3 unspecified atom stereocenters. The molecule has 0 spiro atoms. The van der Waals surface area contributed by atoms with Gasteiger partial charge in [0.1, 0.15) is 24.7 Å². The van der Waals surface area contributed by atoms with E-state index < -0.39 is 67.3 Å². The summed E-state index contributed by atoms with van der Waals surface area (Å²) in [4.78, 5) is 58.0. The van der Waals surface area contributed by atoms with Crippen LogP contribution >= 0.6 is 0 Å². The van der Waals surface area contributed by atoms with Gasteiger partial charge in [0.15, 0.2) is 0 Å². The molecule has 0 bridgehead atoms. The van der Waals surface area contributed by atoms with Gasteiger partial charge in [0.25, 0.3) is 0 Å². The topological polar surface area (TPSA) is 214 Å². The van der Waals surface area contributed by atoms with Gasteiger partial charge in [-0.3, -0.25) is 24.0 Å². The van der Waals surface area contributed by atoms with Gasteiger partial charge in [-0.2, -0.15) is 0 Å². The minimum Gasteiger partial charge on any atom is -0.480 e. The van der Waals surface area contributed by atoms with E-state index in [1.54, 1.807) is 13.8 Å². The Morgan fingerprint density at radius 3 is 1.96 bits per heavy atom. The van der Waals surface area contributed by atoms with Crippen LogP contribution in [0.25, 0.3) is 0 Å². The monoisotopic (exact) mass is 389 g/mol. The van der Waals surface area contributed by atoms with Gasteiger partial charge < -0.3 is 37.6 Å². The van der Waals surface area contributed by atoms with E-state index in [1.807, 2.05) is 5.32 Å². The third kappa shape index (κ3) is 10.1. The number of carbonyl (C=O) groups excluding carboxylic acids is 4. The predicted molar refractivity (Wildman–Crippen MR) is 92.8 cm³/mol. The zero-order valence-corrected chi connectivity index (χ0v) is 15.2. The molecule has 0 aromatic heterocycles. The minimum absolute atomic E-state index is 0.0261. The highest BCUT2D eigenvalue weighted by Crippen LogP contribution is 2.06. The van der Waals surface area contributed by atoms with E-state index >= 15 is 0 Å². The number of aliphatic hydroxyl groups is 1. The Morgan fingerprint density at radius 2 is 1.52 bits per heavy atom. The highest BCUT2D eigenvalue weighted by Gasteiger charge is 2.29. The van der Waals surface area contributed by atoms with E-state index in [1.165, 1.54) is 0 Å². The second kappa shape index (κ2) is 11.8. The first-order valence-electron chi connectivity index (χ1n) is 8.22. The van der Waals surface area contributed by atoms with Crippen molar-refractivity contribution in [1.29, 1.82) is 0 Å². The molecule has 0 radical (unpaired) electrons. The van der Waals surface area contributed by atoms with Gasteiger partial charge in [-0.25, -0.2) is 0 Å². The van der Waals surface area contributed by atoms with Crippen LogP contribution in [0.5, 0.6) is 0 Å². The number of nitrogens with two attached hydrogens (primary N) is 2. The van der Waals surface area contributed by atoms with Crippen LogP contribution in [0.3, 0.4) is 0 Å². The third-order valence-corrected chi connectivity index (χ3v) is 3.33. The molecule has 0 aliphatic heterocycles. The first-order chi connectivity index (χ1) is 12.5. The normalized spacial score (nSPS) is 14.0. The molecule has 0 aromatic rings. The summed E-state index contributed by atoms with van der Waals surface area (Å²) in [7, 11) is 0. The van der Waals surface area contributed by atoms with Gasteiger partial charge >= 0.3 is 5.97 Å². The van der Waals surface area contributed by atoms with Gasteiger partial charge in [-0.15, -0.1) is 0 Å². The average Bonchev–Trinajstić information content (AvgIpc) is 2.56. The number of primary amides is 1. The summed E-state index contributed by atoms with van der Waals surface area (Å²) in [5.74, 6) is -4.68. The second-order valence-corrected chi connectivity index (χ2v) is 6.32. The Balaban J connectivity index is 5.21. The van der Waals surface area contributed by atoms with Crippen LogP contribution in [0, 0.1) is 5.92 Å². The molecule has 0 aliphatic carbocycles. The van der Waals surface area contributed by atoms with Gasteiger partial charge in [-0.1, -0.05) is 13.8 Å². The molecule has 3 atom stereocenters. The van der Waals surface area contributed by atoms with Gasteiger partial charge in [0.2, 0.25) is 23.6 Å². The third-order valence-electron chi connectivity index (χ3n) is 3.33. The molecule has 0 aliphatic rings. The van der Waals surface area contributed by atoms with Gasteiger partial charge in [0, 0.05) is 0 Å². The zero-order chi connectivity index (χ0) is 21.1. The second-order valence-electron chi connectivity index (χ2n) is 6.32. The quantitative estimate of drug-likeness (QED) is 0.176. The van der Waals surface area contributed by atoms with E-state index in [0.717, 1.165) is 0 Å². The Hall–Kier alpha value is -2.73. The predicted octanol–water partition coefficient (Wildman–Crippen LogP) is -3.60. The van der Waals surface area contributed by atoms with E-state index in [9.17, 15) is 24.0 Å². The summed E-state index contributed by atoms with van der Waals surface area (Å²) in [6.07, 6.45) is -0.370. The Morgan fingerprint density at radius 1 is 0.963 bits per heavy atom. The maximum atomic E-state index is 12.5. The van der Waals surface area contributed by atoms with Crippen molar-refractivity contribution in [2.24, 2.45) is 17.4 Å². The lowest BCUT2D eigenvalue weighted by Gasteiger charge is -2.24. The fraction of sp³-hybridized carbons (Fsp3) is 0.667. The van der Waals surface area contributed by atoms with Crippen molar-refractivity contribution in [3.05, 3.63) is 0 Å². The van der Waals surface area contributed by atoms with Crippen LogP contribution in [-0.4, -0.2) is 71.1 Å². The lowest BCUT2D eigenvalue weighted by Crippen LogP contribution is -2.57. The first-order valence-corrected chi connectivity index (χ1v) is 8.22. The highest BCUT2D eigenvalue weighted by atomic mass is 16.4. The van der Waals surface area contributed by atoms with Crippen molar-refractivity contribution in [3.63, 3.8) is 0 Å². The summed E-state index contributed by atoms with van der Waals surface area (Å²) in [6, 6.07) is -3.72. The number of hydrogen-bond acceptors (Lipinski definition) is 7. The molecule has 0 aromatic carbocycles. The summed E-state index contributed by atoms with van der Waals surface area (Å²) in [5, 5.41) is 24.2. The first kappa shape index (κ1) is 24.3. The summed E-state index contributed by atoms with van der Waals surface area (Å²) >= 11 is 0. The SMILES string of the molecule is CC(C)CC(NC(=O)C(N)CO)C(=O)NC(CC(N)=O)C(=O)NCC(=O)O. The number of rotatable bonds is 12. The van der Waals surface area contributed by atoms with Gasteiger partial charge in [-0.05, 0) is 12.3 Å². The largest absolute Gasteiger partial charge is 0.480 e. The Bertz CT molecular complexity index is 567. The van der Waals surface area contributed by atoms with Crippen LogP contribution in [0.15, 0.2) is 0 Å². The van der Waals surface area contributed by atoms with Crippen molar-refractivity contribution in [2.75, 3.05) is 13.2 Å². The van der Waals surface area contributed by atoms with Crippen molar-refractivity contribution in [2.45, 2.75) is 44.8 Å². The Kier molecular flexibility index (Phi) is 10.6. The number of carboxylic acid groups (broad SMARTS) is 1. The number of carbonyl (C=O) groups is 5. The molecule has 0 fully saturated rings. The maximum absolute atomic E-state index is 12.5. The highest BCUT2D eigenvalue weighted by molar-refractivity contribution is 5.95. The summed E-state index contributed by atoms with van der Waals surface area (Å²) in [6.45, 7) is 2.25. The molecule has 12 heteroatoms. The summed E-state index contributed by atoms with van der Waals surface area (Å²) in [5.41, 5.74) is 10.5. The van der Waals surface area contributed by atoms with Crippen LogP contribution in [0.1, 0.15) is 26.7 Å². The maximum Gasteiger partial charge on any atom is 0.322 e. The van der Waals surface area contributed by atoms with Crippen LogP contribution in [0.4, 0.5) is 0 Å². The van der Waals surface area contributed by atoms with Crippen molar-refractivity contribution in [3.8, 4) is 0 Å². The molecule has 0 heterocycles. The molecule has 12 nitrogen and oxygen atoms in total. The number of aliphatic hydroxyl groups excluding tert-OH is 1. The average molecular weight is 389 g/mol. The lowest BCUT2D eigenvalue weighted by atomic mass is 10.0. The standard InChI is InChI=1S/C15H27N5O7/c1-7(2)3-9(19-13(25)8(16)6-21)15(27)20-10(4-11(17)22)14(26)18-5-12(23)24/h7-10,21H,3-6,16H2,1-2H3,(H2,17,22)(H,18,26)(H,19,25)(H,20,27)(H,23,24). The zero-order valence-electron chi connectivity index (χ0n) is 15.2. The number of aliphatic carboxylic acids is 1. The molecule has 9 N–H and O–H groups in total. The molecule has 0 saturated heterocycles. The van der Waals surface area contributed by atoms with Crippen molar-refractivity contribution < 1.29 is 34.2 Å². The minimum atomic E-state index is -1.41. The van der Waals surface area contributed by atoms with E-state index in [2.05, 4.69) is 10.6 Å². The number of nitrogens with one attached hydrogen (secondary N) is 3. The van der Waals surface area contributed by atoms with Crippen molar-refractivity contribution in [1.82, 2.24) is 16.0 Å². The van der Waals surface area contributed by atoms with Crippen LogP contribution in [0.2, 0.25) is 0 Å². The van der Waals surface area contributed by atoms with Gasteiger partial charge in [0.05, 0.1) is 13.0 Å². The molecule has 0 rings (SSSR count). The van der Waals surface area contributed by atoms with Crippen LogP contribution < -0.4 is 27.4 Å². The fourth-order valence-corrected chi connectivity index (χ4v) is 2.03. The fourth-order valence-electron chi connectivity index (χ4n) is 2.03. The number of hydrogen-bond donors (Lipinski definition) is 7. The van der Waals surface area contributed by atoms with E-state index in [-0.39, 0.29) is 12.3 Å². The smallest absolute Gasteiger partial charge is 0.322 e. The lowest BCUT2D eigenvalue weighted by molar-refractivity contribution is -0.138. The Labute approximate surface area is 156 Å². The molecule has 0 saturated carbocycles. The molecule has 27 heavy (non-hydrogen) atoms.